The lowest BCUT2D eigenvalue weighted by Gasteiger charge is -2.49. The Balaban J connectivity index is 2.14. The second kappa shape index (κ2) is 22.9. The van der Waals surface area contributed by atoms with Gasteiger partial charge in [-0.15, -0.1) is 0 Å². The van der Waals surface area contributed by atoms with Gasteiger partial charge in [0.25, 0.3) is 0 Å². The van der Waals surface area contributed by atoms with Crippen molar-refractivity contribution in [1.29, 1.82) is 0 Å². The zero-order valence-corrected chi connectivity index (χ0v) is 45.8. The molecule has 0 N–H and O–H groups in total. The van der Waals surface area contributed by atoms with Gasteiger partial charge in [0.2, 0.25) is 0 Å². The summed E-state index contributed by atoms with van der Waals surface area (Å²) in [5.41, 5.74) is -8.09. The van der Waals surface area contributed by atoms with Crippen molar-refractivity contribution in [3.63, 3.8) is 0 Å². The highest BCUT2D eigenvalue weighted by Gasteiger charge is 2.50. The maximum atomic E-state index is 14.9. The van der Waals surface area contributed by atoms with Gasteiger partial charge in [-0.1, -0.05) is 120 Å². The first-order valence-electron chi connectivity index (χ1n) is 26.0. The van der Waals surface area contributed by atoms with Gasteiger partial charge in [-0.3, -0.25) is 0 Å². The van der Waals surface area contributed by atoms with Crippen LogP contribution in [0, 0.1) is 0 Å². The molecule has 4 aromatic rings. The molecule has 0 amide bonds. The number of unbranched alkanes of at least 4 members (excludes halogenated alkanes) is 8. The van der Waals surface area contributed by atoms with Crippen molar-refractivity contribution in [1.82, 2.24) is 0 Å². The minimum absolute atomic E-state index is 0.0127. The largest absolute Gasteiger partial charge is 0.496 e. The van der Waals surface area contributed by atoms with Crippen molar-refractivity contribution >= 4 is 0 Å². The highest BCUT2D eigenvalue weighted by Crippen LogP contribution is 2.56. The highest BCUT2D eigenvalue weighted by molar-refractivity contribution is 5.91. The van der Waals surface area contributed by atoms with Crippen molar-refractivity contribution in [2.75, 3.05) is 28.4 Å². The molecule has 4 nitrogen and oxygen atoms in total. The van der Waals surface area contributed by atoms with Crippen molar-refractivity contribution in [3.8, 4) is 44.9 Å². The van der Waals surface area contributed by atoms with E-state index in [1.807, 2.05) is 14.0 Å². The van der Waals surface area contributed by atoms with Crippen LogP contribution in [0.2, 0.25) is 0 Å². The number of hydrogen-bond acceptors (Lipinski definition) is 3. The van der Waals surface area contributed by atoms with Gasteiger partial charge in [-0.2, -0.15) is 52.7 Å². The molecule has 0 spiro atoms. The average molecular weight is 1080 g/mol. The number of hydrogen-bond donors (Lipinski definition) is 0. The molecular formula is C59H76F12NO3+. The van der Waals surface area contributed by atoms with Crippen LogP contribution < -0.4 is 9.47 Å². The van der Waals surface area contributed by atoms with E-state index in [2.05, 4.69) is 13.8 Å². The van der Waals surface area contributed by atoms with Crippen LogP contribution in [0.25, 0.3) is 33.4 Å². The van der Waals surface area contributed by atoms with E-state index in [1.54, 1.807) is 60.8 Å². The first-order chi connectivity index (χ1) is 34.5. The fourth-order valence-corrected chi connectivity index (χ4v) is 11.2. The van der Waals surface area contributed by atoms with Crippen LogP contribution in [0.5, 0.6) is 11.5 Å². The number of ether oxygens (including phenoxy) is 3. The lowest BCUT2D eigenvalue weighted by Crippen LogP contribution is -2.61. The van der Waals surface area contributed by atoms with E-state index in [1.165, 1.54) is 14.2 Å². The summed E-state index contributed by atoms with van der Waals surface area (Å²) in [7, 11) is 6.07. The van der Waals surface area contributed by atoms with Gasteiger partial charge in [0.05, 0.1) is 43.5 Å². The SMILES string of the molecule is CCCCCCCC(CCCCCCC)(OC)[C@H](C)[N+]1(C)Cc2c(cc(C(C)(C)C)c(OC)c2-c2cc(C(F)(F)F)cc(C(F)(F)F)c2)-c2cc(C(C)(C)C)c(OC)c(-c3cc(C(F)(F)F)cc(C(F)(F)F)c3)c2C1. The molecule has 0 saturated heterocycles. The minimum atomic E-state index is -5.23. The molecule has 75 heavy (non-hydrogen) atoms. The van der Waals surface area contributed by atoms with E-state index in [-0.39, 0.29) is 63.5 Å². The molecule has 1 aliphatic rings. The van der Waals surface area contributed by atoms with Gasteiger partial charge >= 0.3 is 24.7 Å². The van der Waals surface area contributed by atoms with Crippen molar-refractivity contribution in [2.45, 2.75) is 200 Å². The summed E-state index contributed by atoms with van der Waals surface area (Å²) in [6, 6.07) is 5.75. The average Bonchev–Trinajstić information content (AvgIpc) is 3.43. The second-order valence-electron chi connectivity index (χ2n) is 22.9. The molecule has 0 unspecified atom stereocenters. The molecule has 0 bridgehead atoms. The first kappa shape index (κ1) is 61.4. The Morgan fingerprint density at radius 3 is 1.03 bits per heavy atom. The van der Waals surface area contributed by atoms with Gasteiger partial charge in [0.15, 0.2) is 0 Å². The predicted octanol–water partition coefficient (Wildman–Crippen LogP) is 19.3. The van der Waals surface area contributed by atoms with E-state index >= 15 is 0 Å². The quantitative estimate of drug-likeness (QED) is 0.0532. The third-order valence-electron chi connectivity index (χ3n) is 15.4. The van der Waals surface area contributed by atoms with Crippen LogP contribution in [0.1, 0.15) is 184 Å². The Kier molecular flexibility index (Phi) is 18.7. The van der Waals surface area contributed by atoms with E-state index in [4.69, 9.17) is 14.2 Å². The number of halogens is 12. The van der Waals surface area contributed by atoms with Gasteiger partial charge in [0.1, 0.15) is 36.2 Å². The molecule has 4 aromatic carbocycles. The number of rotatable bonds is 19. The van der Waals surface area contributed by atoms with Crippen molar-refractivity contribution in [2.24, 2.45) is 0 Å². The molecule has 1 atom stereocenters. The van der Waals surface area contributed by atoms with Crippen molar-refractivity contribution in [3.05, 3.63) is 93.0 Å². The third-order valence-corrected chi connectivity index (χ3v) is 15.4. The predicted molar refractivity (Wildman–Crippen MR) is 273 cm³/mol. The summed E-state index contributed by atoms with van der Waals surface area (Å²) in [5, 5.41) is 0. The standard InChI is InChI=1S/C59H76F12NO3/c1-14-16-18-20-22-24-55(75-13,25-23-21-19-17-15-2)36(3)72(10)34-45-43(32-47(53(4,5)6)51(73-11)49(45)37-26-39(56(60,61)62)30-40(27-37)57(63,64)65)44-33-48(54(7,8)9)52(74-12)50(46(44)35-72)38-28-41(58(66,67)68)31-42(29-38)59(69,70)71/h26-33,36H,14-25,34-35H2,1-13H3/q+1/t36-/m0/s1. The lowest BCUT2D eigenvalue weighted by molar-refractivity contribution is -0.963. The van der Waals surface area contributed by atoms with Gasteiger partial charge in [-0.05, 0) is 101 Å². The van der Waals surface area contributed by atoms with Gasteiger partial charge in [0, 0.05) is 40.5 Å². The zero-order chi connectivity index (χ0) is 56.5. The van der Waals surface area contributed by atoms with E-state index < -0.39 is 80.6 Å². The number of methoxy groups -OCH3 is 3. The molecule has 0 aliphatic carbocycles. The van der Waals surface area contributed by atoms with E-state index in [0.717, 1.165) is 64.2 Å². The summed E-state index contributed by atoms with van der Waals surface area (Å²) in [6.07, 6.45) is -10.6. The van der Waals surface area contributed by atoms with Crippen LogP contribution in [0.15, 0.2) is 48.5 Å². The zero-order valence-electron chi connectivity index (χ0n) is 45.8. The Morgan fingerprint density at radius 1 is 0.467 bits per heavy atom. The normalized spacial score (nSPS) is 15.1. The molecule has 418 valence electrons. The Bertz CT molecular complexity index is 2380. The van der Waals surface area contributed by atoms with E-state index in [9.17, 15) is 52.7 Å². The smallest absolute Gasteiger partial charge is 0.416 e. The van der Waals surface area contributed by atoms with Crippen molar-refractivity contribution < 1.29 is 71.4 Å². The van der Waals surface area contributed by atoms with Crippen LogP contribution in [0.3, 0.4) is 0 Å². The van der Waals surface area contributed by atoms with Crippen LogP contribution in [-0.4, -0.2) is 44.5 Å². The fraction of sp³-hybridized carbons (Fsp3) is 0.593. The summed E-state index contributed by atoms with van der Waals surface area (Å²) in [6.45, 7) is 16.7. The second-order valence-corrected chi connectivity index (χ2v) is 22.9. The van der Waals surface area contributed by atoms with Gasteiger partial charge < -0.3 is 18.7 Å². The molecule has 5 rings (SSSR count). The Labute approximate surface area is 436 Å². The molecule has 0 aromatic heterocycles. The third kappa shape index (κ3) is 13.6. The topological polar surface area (TPSA) is 27.7 Å². The molecule has 1 aliphatic heterocycles. The minimum Gasteiger partial charge on any atom is -0.496 e. The lowest BCUT2D eigenvalue weighted by atomic mass is 9.76. The number of likely N-dealkylation sites (N-methyl/N-ethyl adjacent to an activating group) is 1. The van der Waals surface area contributed by atoms with Crippen LogP contribution in [-0.2, 0) is 53.4 Å². The number of fused-ring (bicyclic) bond motifs is 3. The van der Waals surface area contributed by atoms with E-state index in [0.29, 0.717) is 59.4 Å². The fourth-order valence-electron chi connectivity index (χ4n) is 11.2. The highest BCUT2D eigenvalue weighted by atomic mass is 19.4. The Morgan fingerprint density at radius 2 is 0.773 bits per heavy atom. The number of benzene rings is 4. The maximum absolute atomic E-state index is 14.9. The molecule has 0 radical (unpaired) electrons. The summed E-state index contributed by atoms with van der Waals surface area (Å²) >= 11 is 0. The number of quaternary nitrogens is 1. The molecular weight excluding hydrogens is 999 g/mol. The first-order valence-corrected chi connectivity index (χ1v) is 26.0. The summed E-state index contributed by atoms with van der Waals surface area (Å²) in [5.74, 6) is 0.0253. The number of nitrogens with zero attached hydrogens (tertiary/aromatic N) is 1. The Hall–Kier alpha value is -4.44. The van der Waals surface area contributed by atoms with Crippen LogP contribution in [0.4, 0.5) is 52.7 Å². The molecule has 16 heteroatoms. The van der Waals surface area contributed by atoms with Crippen LogP contribution >= 0.6 is 0 Å². The molecule has 0 fully saturated rings. The maximum Gasteiger partial charge on any atom is 0.416 e. The molecule has 0 saturated carbocycles. The molecule has 1 heterocycles. The van der Waals surface area contributed by atoms with Gasteiger partial charge in [-0.25, -0.2) is 0 Å². The summed E-state index contributed by atoms with van der Waals surface area (Å²) < 4.78 is 198. The summed E-state index contributed by atoms with van der Waals surface area (Å²) in [4.78, 5) is 0. The number of alkyl halides is 12. The monoisotopic (exact) mass is 1070 g/mol.